The Balaban J connectivity index is 1.89. The lowest BCUT2D eigenvalue weighted by molar-refractivity contribution is -0.308. The van der Waals surface area contributed by atoms with E-state index in [-0.39, 0.29) is 12.1 Å². The van der Waals surface area contributed by atoms with Crippen molar-refractivity contribution in [3.63, 3.8) is 0 Å². The number of H-pyrrole nitrogens is 1. The standard InChI is InChI=1S/C18H15N3O4/c22-16-13-9-5-4-8-12(13)15(20-21-16)17(23)19-14(18(24)25)10-11-6-2-1-3-7-11/h1-9,14H,10H2,(H,19,23)(H,21,22)(H,24,25)/p-1/t14-/m1/s1. The summed E-state index contributed by atoms with van der Waals surface area (Å²) in [5.41, 5.74) is 0.277. The number of carboxylic acids is 1. The maximum atomic E-state index is 12.5. The number of carbonyl (C=O) groups is 2. The minimum absolute atomic E-state index is 0.0467. The molecule has 0 aliphatic heterocycles. The SMILES string of the molecule is O=C(N[C@H](Cc1ccccc1)C(=O)[O-])c1n[nH]c(=O)c2ccccc12. The molecule has 2 aromatic carbocycles. The lowest BCUT2D eigenvalue weighted by Gasteiger charge is -2.19. The third-order valence-corrected chi connectivity index (χ3v) is 3.78. The molecule has 0 fully saturated rings. The third-order valence-electron chi connectivity index (χ3n) is 3.78. The molecule has 0 saturated carbocycles. The van der Waals surface area contributed by atoms with E-state index in [1.807, 2.05) is 6.07 Å². The number of rotatable bonds is 5. The first-order valence-electron chi connectivity index (χ1n) is 7.59. The maximum Gasteiger partial charge on any atom is 0.272 e. The number of aromatic amines is 1. The van der Waals surface area contributed by atoms with Gasteiger partial charge in [0.1, 0.15) is 0 Å². The number of carboxylic acid groups (broad SMARTS) is 1. The summed E-state index contributed by atoms with van der Waals surface area (Å²) < 4.78 is 0. The lowest BCUT2D eigenvalue weighted by Crippen LogP contribution is -2.49. The summed E-state index contributed by atoms with van der Waals surface area (Å²) in [6.45, 7) is 0. The Kier molecular flexibility index (Phi) is 4.56. The van der Waals surface area contributed by atoms with Crippen LogP contribution in [0.1, 0.15) is 16.1 Å². The number of aromatic nitrogens is 2. The summed E-state index contributed by atoms with van der Waals surface area (Å²) in [7, 11) is 0. The smallest absolute Gasteiger partial charge is 0.272 e. The second-order valence-electron chi connectivity index (χ2n) is 5.48. The molecule has 0 spiro atoms. The largest absolute Gasteiger partial charge is 0.548 e. The van der Waals surface area contributed by atoms with Gasteiger partial charge in [-0.15, -0.1) is 0 Å². The van der Waals surface area contributed by atoms with E-state index in [2.05, 4.69) is 15.5 Å². The molecule has 1 atom stereocenters. The van der Waals surface area contributed by atoms with E-state index in [4.69, 9.17) is 0 Å². The Labute approximate surface area is 142 Å². The van der Waals surface area contributed by atoms with Crippen LogP contribution in [-0.2, 0) is 11.2 Å². The fraction of sp³-hybridized carbons (Fsp3) is 0.111. The molecule has 1 amide bonds. The van der Waals surface area contributed by atoms with Crippen LogP contribution in [0.25, 0.3) is 10.8 Å². The van der Waals surface area contributed by atoms with Gasteiger partial charge in [-0.25, -0.2) is 5.10 Å². The van der Waals surface area contributed by atoms with Crippen LogP contribution < -0.4 is 16.0 Å². The molecule has 7 heteroatoms. The van der Waals surface area contributed by atoms with Gasteiger partial charge in [0, 0.05) is 5.39 Å². The van der Waals surface area contributed by atoms with Crippen LogP contribution in [0.2, 0.25) is 0 Å². The zero-order valence-electron chi connectivity index (χ0n) is 13.1. The fourth-order valence-corrected chi connectivity index (χ4v) is 2.56. The normalized spacial score (nSPS) is 11.8. The first-order chi connectivity index (χ1) is 12.1. The van der Waals surface area contributed by atoms with Gasteiger partial charge in [-0.1, -0.05) is 48.5 Å². The summed E-state index contributed by atoms with van der Waals surface area (Å²) >= 11 is 0. The molecule has 3 rings (SSSR count). The monoisotopic (exact) mass is 336 g/mol. The molecular formula is C18H14N3O4-. The first-order valence-corrected chi connectivity index (χ1v) is 7.59. The van der Waals surface area contributed by atoms with Crippen molar-refractivity contribution in [3.05, 3.63) is 76.2 Å². The summed E-state index contributed by atoms with van der Waals surface area (Å²) in [4.78, 5) is 35.6. The highest BCUT2D eigenvalue weighted by Gasteiger charge is 2.19. The van der Waals surface area contributed by atoms with E-state index in [0.29, 0.717) is 10.8 Å². The molecule has 0 aliphatic rings. The summed E-state index contributed by atoms with van der Waals surface area (Å²) in [6.07, 6.45) is 0.0796. The van der Waals surface area contributed by atoms with Crippen molar-refractivity contribution in [2.45, 2.75) is 12.5 Å². The minimum atomic E-state index is -1.40. The van der Waals surface area contributed by atoms with Gasteiger partial charge in [0.2, 0.25) is 0 Å². The first kappa shape index (κ1) is 16.4. The zero-order valence-corrected chi connectivity index (χ0v) is 13.1. The number of fused-ring (bicyclic) bond motifs is 1. The zero-order chi connectivity index (χ0) is 17.8. The fourth-order valence-electron chi connectivity index (χ4n) is 2.56. The van der Waals surface area contributed by atoms with Gasteiger partial charge in [-0.05, 0) is 18.1 Å². The Morgan fingerprint density at radius 3 is 2.36 bits per heavy atom. The van der Waals surface area contributed by atoms with Crippen LogP contribution in [0.15, 0.2) is 59.4 Å². The van der Waals surface area contributed by atoms with Crippen molar-refractivity contribution >= 4 is 22.6 Å². The van der Waals surface area contributed by atoms with Crippen molar-refractivity contribution in [1.29, 1.82) is 0 Å². The van der Waals surface area contributed by atoms with E-state index in [1.54, 1.807) is 48.5 Å². The number of aliphatic carboxylic acids is 1. The molecule has 0 aliphatic carbocycles. The van der Waals surface area contributed by atoms with Gasteiger partial charge < -0.3 is 15.2 Å². The topological polar surface area (TPSA) is 115 Å². The number of nitrogens with zero attached hydrogens (tertiary/aromatic N) is 1. The third kappa shape index (κ3) is 3.55. The summed E-state index contributed by atoms with van der Waals surface area (Å²) in [6, 6.07) is 14.1. The van der Waals surface area contributed by atoms with Crippen LogP contribution in [0.5, 0.6) is 0 Å². The van der Waals surface area contributed by atoms with Crippen molar-refractivity contribution in [2.24, 2.45) is 0 Å². The second-order valence-corrected chi connectivity index (χ2v) is 5.48. The average Bonchev–Trinajstić information content (AvgIpc) is 2.62. The molecule has 126 valence electrons. The summed E-state index contributed by atoms with van der Waals surface area (Å²) in [5.74, 6) is -2.09. The van der Waals surface area contributed by atoms with Gasteiger partial charge in [0.15, 0.2) is 5.69 Å². The van der Waals surface area contributed by atoms with Gasteiger partial charge in [0.05, 0.1) is 17.4 Å². The van der Waals surface area contributed by atoms with Crippen LogP contribution in [-0.4, -0.2) is 28.1 Å². The molecule has 0 bridgehead atoms. The number of hydrogen-bond acceptors (Lipinski definition) is 5. The Morgan fingerprint density at radius 1 is 1.04 bits per heavy atom. The van der Waals surface area contributed by atoms with E-state index < -0.39 is 23.5 Å². The van der Waals surface area contributed by atoms with Crippen molar-refractivity contribution in [2.75, 3.05) is 0 Å². The number of benzene rings is 2. The predicted molar refractivity (Wildman–Crippen MR) is 88.8 cm³/mol. The Morgan fingerprint density at radius 2 is 1.68 bits per heavy atom. The van der Waals surface area contributed by atoms with Crippen molar-refractivity contribution in [3.8, 4) is 0 Å². The summed E-state index contributed by atoms with van der Waals surface area (Å²) in [5, 5.41) is 20.5. The second kappa shape index (κ2) is 6.96. The van der Waals surface area contributed by atoms with Gasteiger partial charge in [-0.2, -0.15) is 5.10 Å². The molecule has 25 heavy (non-hydrogen) atoms. The molecule has 7 nitrogen and oxygen atoms in total. The van der Waals surface area contributed by atoms with Crippen molar-refractivity contribution < 1.29 is 14.7 Å². The van der Waals surface area contributed by atoms with E-state index >= 15 is 0 Å². The van der Waals surface area contributed by atoms with Crippen LogP contribution in [0, 0.1) is 0 Å². The van der Waals surface area contributed by atoms with Crippen LogP contribution in [0.3, 0.4) is 0 Å². The molecule has 1 heterocycles. The van der Waals surface area contributed by atoms with Crippen LogP contribution in [0.4, 0.5) is 0 Å². The highest BCUT2D eigenvalue weighted by molar-refractivity contribution is 6.05. The van der Waals surface area contributed by atoms with E-state index in [9.17, 15) is 19.5 Å². The maximum absolute atomic E-state index is 12.5. The molecule has 3 aromatic rings. The quantitative estimate of drug-likeness (QED) is 0.681. The molecule has 2 N–H and O–H groups in total. The molecule has 0 unspecified atom stereocenters. The molecular weight excluding hydrogens is 322 g/mol. The number of carbonyl (C=O) groups excluding carboxylic acids is 2. The van der Waals surface area contributed by atoms with Gasteiger partial charge in [0.25, 0.3) is 11.5 Å². The predicted octanol–water partition coefficient (Wildman–Crippen LogP) is 0.0141. The van der Waals surface area contributed by atoms with Gasteiger partial charge in [-0.3, -0.25) is 9.59 Å². The number of hydrogen-bond donors (Lipinski definition) is 2. The molecule has 1 aromatic heterocycles. The number of nitrogens with one attached hydrogen (secondary N) is 2. The van der Waals surface area contributed by atoms with Gasteiger partial charge >= 0.3 is 0 Å². The van der Waals surface area contributed by atoms with Crippen molar-refractivity contribution in [1.82, 2.24) is 15.5 Å². The average molecular weight is 336 g/mol. The van der Waals surface area contributed by atoms with Crippen LogP contribution >= 0.6 is 0 Å². The molecule has 0 radical (unpaired) electrons. The molecule has 0 saturated heterocycles. The Hall–Kier alpha value is -3.48. The minimum Gasteiger partial charge on any atom is -0.548 e. The Bertz CT molecular complexity index is 982. The van der Waals surface area contributed by atoms with E-state index in [0.717, 1.165) is 5.56 Å². The highest BCUT2D eigenvalue weighted by atomic mass is 16.4. The highest BCUT2D eigenvalue weighted by Crippen LogP contribution is 2.12. The number of amides is 1. The van der Waals surface area contributed by atoms with E-state index in [1.165, 1.54) is 0 Å². The lowest BCUT2D eigenvalue weighted by atomic mass is 10.1.